The number of hydrogen-bond donors (Lipinski definition) is 0. The number of methoxy groups -OCH3 is 1. The number of amidine groups is 1. The normalized spacial score (nSPS) is 16.3. The van der Waals surface area contributed by atoms with Crippen LogP contribution in [0.2, 0.25) is 10.0 Å². The average Bonchev–Trinajstić information content (AvgIpc) is 3.25. The highest BCUT2D eigenvalue weighted by molar-refractivity contribution is 8.18. The van der Waals surface area contributed by atoms with Crippen molar-refractivity contribution >= 4 is 57.8 Å². The molecule has 0 aliphatic carbocycles. The van der Waals surface area contributed by atoms with Crippen molar-refractivity contribution in [2.45, 2.75) is 20.8 Å². The molecule has 0 N–H and O–H groups in total. The maximum absolute atomic E-state index is 13.1. The number of aryl methyl sites for hydroxylation is 1. The van der Waals surface area contributed by atoms with Gasteiger partial charge in [0.15, 0.2) is 5.17 Å². The minimum absolute atomic E-state index is 0.0471. The number of likely N-dealkylation sites (N-methyl/N-ethyl adjacent to an activating group) is 1. The molecule has 0 saturated carbocycles. The minimum atomic E-state index is -0.0471. The smallest absolute Gasteiger partial charge is 0.266 e. The summed E-state index contributed by atoms with van der Waals surface area (Å²) < 4.78 is 7.31. The number of halogens is 2. The molecule has 1 amide bonds. The van der Waals surface area contributed by atoms with E-state index in [4.69, 9.17) is 32.9 Å². The molecule has 5 nitrogen and oxygen atoms in total. The Morgan fingerprint density at radius 3 is 2.42 bits per heavy atom. The first-order valence-corrected chi connectivity index (χ1v) is 12.0. The number of aliphatic imine (C=N–C) groups is 1. The quantitative estimate of drug-likeness (QED) is 0.353. The van der Waals surface area contributed by atoms with E-state index in [1.54, 1.807) is 18.1 Å². The zero-order chi connectivity index (χ0) is 23.7. The van der Waals surface area contributed by atoms with Gasteiger partial charge in [-0.2, -0.15) is 0 Å². The van der Waals surface area contributed by atoms with E-state index in [0.717, 1.165) is 34.1 Å². The van der Waals surface area contributed by atoms with Crippen molar-refractivity contribution in [3.63, 3.8) is 0 Å². The molecule has 1 fully saturated rings. The van der Waals surface area contributed by atoms with Crippen LogP contribution in [0.3, 0.4) is 0 Å². The van der Waals surface area contributed by atoms with Crippen LogP contribution in [0.4, 0.5) is 5.69 Å². The van der Waals surface area contributed by atoms with Gasteiger partial charge in [-0.3, -0.25) is 9.69 Å². The molecule has 33 heavy (non-hydrogen) atoms. The van der Waals surface area contributed by atoms with E-state index in [-0.39, 0.29) is 5.91 Å². The Hall–Kier alpha value is -2.67. The first kappa shape index (κ1) is 23.5. The summed E-state index contributed by atoms with van der Waals surface area (Å²) in [4.78, 5) is 20.1. The lowest BCUT2D eigenvalue weighted by molar-refractivity contribution is -0.122. The maximum atomic E-state index is 13.1. The van der Waals surface area contributed by atoms with E-state index in [9.17, 15) is 4.79 Å². The van der Waals surface area contributed by atoms with E-state index < -0.39 is 0 Å². The molecular formula is C25H23Cl2N3O2S. The largest absolute Gasteiger partial charge is 0.497 e. The standard InChI is InChI=1S/C25H23Cl2N3O2S/c1-5-29-24(31)23(33-25(29)28-18-6-9-20(32-4)10-7-18)13-17-12-15(2)30(16(17)3)19-8-11-21(26)22(27)14-19/h6-14H,5H2,1-4H3/b23-13-,28-25?. The first-order valence-electron chi connectivity index (χ1n) is 10.4. The number of nitrogens with zero attached hydrogens (tertiary/aromatic N) is 3. The van der Waals surface area contributed by atoms with Crippen LogP contribution in [0.25, 0.3) is 11.8 Å². The van der Waals surface area contributed by atoms with E-state index in [1.165, 1.54) is 11.8 Å². The molecule has 170 valence electrons. The highest BCUT2D eigenvalue weighted by atomic mass is 35.5. The molecule has 0 atom stereocenters. The predicted octanol–water partition coefficient (Wildman–Crippen LogP) is 7.03. The fourth-order valence-electron chi connectivity index (χ4n) is 3.73. The molecule has 3 aromatic rings. The van der Waals surface area contributed by atoms with Crippen LogP contribution in [-0.2, 0) is 4.79 Å². The molecule has 1 saturated heterocycles. The van der Waals surface area contributed by atoms with Crippen molar-refractivity contribution in [2.24, 2.45) is 4.99 Å². The number of hydrogen-bond acceptors (Lipinski definition) is 4. The zero-order valence-electron chi connectivity index (χ0n) is 18.7. The van der Waals surface area contributed by atoms with E-state index in [1.807, 2.05) is 63.2 Å². The molecule has 1 aliphatic rings. The fraction of sp³-hybridized carbons (Fsp3) is 0.200. The lowest BCUT2D eigenvalue weighted by Gasteiger charge is -2.12. The van der Waals surface area contributed by atoms with Gasteiger partial charge in [0, 0.05) is 23.6 Å². The first-order chi connectivity index (χ1) is 15.8. The van der Waals surface area contributed by atoms with E-state index in [0.29, 0.717) is 26.7 Å². The number of thioether (sulfide) groups is 1. The number of amides is 1. The van der Waals surface area contributed by atoms with Gasteiger partial charge in [0.05, 0.1) is 27.7 Å². The van der Waals surface area contributed by atoms with Gasteiger partial charge in [-0.15, -0.1) is 0 Å². The van der Waals surface area contributed by atoms with Crippen LogP contribution in [-0.4, -0.2) is 34.2 Å². The third-order valence-corrected chi connectivity index (χ3v) is 7.17. The molecule has 0 unspecified atom stereocenters. The summed E-state index contributed by atoms with van der Waals surface area (Å²) in [5.41, 5.74) is 4.70. The molecule has 1 aliphatic heterocycles. The molecular weight excluding hydrogens is 477 g/mol. The number of carbonyl (C=O) groups is 1. The summed E-state index contributed by atoms with van der Waals surface area (Å²) in [5, 5.41) is 1.68. The predicted molar refractivity (Wildman–Crippen MR) is 138 cm³/mol. The maximum Gasteiger partial charge on any atom is 0.266 e. The summed E-state index contributed by atoms with van der Waals surface area (Å²) in [6, 6.07) is 15.1. The fourth-order valence-corrected chi connectivity index (χ4v) is 5.08. The SMILES string of the molecule is CCN1C(=O)/C(=C/c2cc(C)n(-c3ccc(Cl)c(Cl)c3)c2C)SC1=Nc1ccc(OC)cc1. The molecule has 8 heteroatoms. The van der Waals surface area contributed by atoms with Gasteiger partial charge in [0.25, 0.3) is 5.91 Å². The third-order valence-electron chi connectivity index (χ3n) is 5.42. The second kappa shape index (κ2) is 9.67. The van der Waals surface area contributed by atoms with Crippen LogP contribution in [0, 0.1) is 13.8 Å². The lowest BCUT2D eigenvalue weighted by atomic mass is 10.2. The molecule has 1 aromatic heterocycles. The van der Waals surface area contributed by atoms with Crippen LogP contribution in [0.1, 0.15) is 23.9 Å². The topological polar surface area (TPSA) is 46.8 Å². The van der Waals surface area contributed by atoms with E-state index >= 15 is 0 Å². The summed E-state index contributed by atoms with van der Waals surface area (Å²) in [6.07, 6.45) is 1.93. The summed E-state index contributed by atoms with van der Waals surface area (Å²) in [7, 11) is 1.63. The Labute approximate surface area is 207 Å². The number of ether oxygens (including phenoxy) is 1. The van der Waals surface area contributed by atoms with Gasteiger partial charge in [-0.25, -0.2) is 4.99 Å². The average molecular weight is 500 g/mol. The number of aromatic nitrogens is 1. The Morgan fingerprint density at radius 1 is 1.06 bits per heavy atom. The van der Waals surface area contributed by atoms with Crippen molar-refractivity contribution in [3.05, 3.63) is 80.4 Å². The number of benzene rings is 2. The van der Waals surface area contributed by atoms with Gasteiger partial charge in [-0.05, 0) is 92.7 Å². The van der Waals surface area contributed by atoms with Crippen LogP contribution in [0.15, 0.2) is 58.4 Å². The van der Waals surface area contributed by atoms with Crippen molar-refractivity contribution in [1.29, 1.82) is 0 Å². The van der Waals surface area contributed by atoms with Crippen LogP contribution in [0.5, 0.6) is 5.75 Å². The monoisotopic (exact) mass is 499 g/mol. The van der Waals surface area contributed by atoms with Crippen LogP contribution < -0.4 is 4.74 Å². The van der Waals surface area contributed by atoms with Gasteiger partial charge >= 0.3 is 0 Å². The highest BCUT2D eigenvalue weighted by Gasteiger charge is 2.32. The number of rotatable bonds is 5. The molecule has 0 radical (unpaired) electrons. The van der Waals surface area contributed by atoms with E-state index in [2.05, 4.69) is 10.6 Å². The Balaban J connectivity index is 1.68. The molecule has 2 heterocycles. The second-order valence-corrected chi connectivity index (χ2v) is 9.34. The Bertz CT molecular complexity index is 1280. The molecule has 0 bridgehead atoms. The lowest BCUT2D eigenvalue weighted by Crippen LogP contribution is -2.28. The van der Waals surface area contributed by atoms with Gasteiger partial charge in [0.2, 0.25) is 0 Å². The summed E-state index contributed by atoms with van der Waals surface area (Å²) in [5.74, 6) is 0.716. The summed E-state index contributed by atoms with van der Waals surface area (Å²) >= 11 is 13.7. The minimum Gasteiger partial charge on any atom is -0.497 e. The van der Waals surface area contributed by atoms with Gasteiger partial charge in [0.1, 0.15) is 5.75 Å². The Morgan fingerprint density at radius 2 is 1.79 bits per heavy atom. The Kier molecular flexibility index (Phi) is 6.88. The molecule has 0 spiro atoms. The number of carbonyl (C=O) groups excluding carboxylic acids is 1. The molecule has 2 aromatic carbocycles. The van der Waals surface area contributed by atoms with Crippen molar-refractivity contribution in [3.8, 4) is 11.4 Å². The van der Waals surface area contributed by atoms with Crippen molar-refractivity contribution in [2.75, 3.05) is 13.7 Å². The zero-order valence-corrected chi connectivity index (χ0v) is 21.1. The van der Waals surface area contributed by atoms with Crippen LogP contribution >= 0.6 is 35.0 Å². The summed E-state index contributed by atoms with van der Waals surface area (Å²) in [6.45, 7) is 6.54. The van der Waals surface area contributed by atoms with Gasteiger partial charge < -0.3 is 9.30 Å². The van der Waals surface area contributed by atoms with Crippen molar-refractivity contribution in [1.82, 2.24) is 9.47 Å². The van der Waals surface area contributed by atoms with Gasteiger partial charge in [-0.1, -0.05) is 23.2 Å². The molecule has 4 rings (SSSR count). The highest BCUT2D eigenvalue weighted by Crippen LogP contribution is 2.36. The van der Waals surface area contributed by atoms with Crippen molar-refractivity contribution < 1.29 is 9.53 Å². The second-order valence-electron chi connectivity index (χ2n) is 7.51. The third kappa shape index (κ3) is 4.69.